The van der Waals surface area contributed by atoms with Crippen LogP contribution in [0.2, 0.25) is 0 Å². The maximum absolute atomic E-state index is 12.4. The standard InChI is InChI=1S/C21H27N3O3/c1-27-12-4-9-22-20(25)14-19-21(26)23-10-11-24(19)15-16-7-8-17-5-2-3-6-18(17)13-16/h2-3,5-8,13,19H,4,9-12,14-15H2,1H3,(H,22,25)(H,23,26)/t19-/m0/s1. The van der Waals surface area contributed by atoms with E-state index in [2.05, 4.69) is 45.9 Å². The largest absolute Gasteiger partial charge is 0.385 e. The molecule has 2 aromatic rings. The normalized spacial score (nSPS) is 17.7. The lowest BCUT2D eigenvalue weighted by molar-refractivity contribution is -0.134. The quantitative estimate of drug-likeness (QED) is 0.695. The van der Waals surface area contributed by atoms with Gasteiger partial charge < -0.3 is 15.4 Å². The summed E-state index contributed by atoms with van der Waals surface area (Å²) in [5, 5.41) is 8.13. The fourth-order valence-corrected chi connectivity index (χ4v) is 3.44. The second kappa shape index (κ2) is 9.48. The summed E-state index contributed by atoms with van der Waals surface area (Å²) in [6.45, 7) is 3.17. The van der Waals surface area contributed by atoms with E-state index < -0.39 is 6.04 Å². The van der Waals surface area contributed by atoms with E-state index in [9.17, 15) is 9.59 Å². The SMILES string of the molecule is COCCCNC(=O)C[C@H]1C(=O)NCCN1Cc1ccc2ccccc2c1. The molecule has 0 bridgehead atoms. The highest BCUT2D eigenvalue weighted by Crippen LogP contribution is 2.19. The first kappa shape index (κ1) is 19.3. The topological polar surface area (TPSA) is 70.7 Å². The van der Waals surface area contributed by atoms with Crippen LogP contribution >= 0.6 is 0 Å². The van der Waals surface area contributed by atoms with E-state index in [4.69, 9.17) is 4.74 Å². The molecule has 3 rings (SSSR count). The molecule has 6 nitrogen and oxygen atoms in total. The molecular formula is C21H27N3O3. The Bertz CT molecular complexity index is 793. The predicted molar refractivity (Wildman–Crippen MR) is 105 cm³/mol. The number of ether oxygens (including phenoxy) is 1. The van der Waals surface area contributed by atoms with Crippen molar-refractivity contribution in [3.63, 3.8) is 0 Å². The van der Waals surface area contributed by atoms with Gasteiger partial charge in [0.05, 0.1) is 12.5 Å². The van der Waals surface area contributed by atoms with Crippen molar-refractivity contribution in [2.75, 3.05) is 33.4 Å². The summed E-state index contributed by atoms with van der Waals surface area (Å²) >= 11 is 0. The van der Waals surface area contributed by atoms with Crippen LogP contribution in [0.4, 0.5) is 0 Å². The van der Waals surface area contributed by atoms with Crippen LogP contribution < -0.4 is 10.6 Å². The summed E-state index contributed by atoms with van der Waals surface area (Å²) in [5.41, 5.74) is 1.15. The lowest BCUT2D eigenvalue weighted by Crippen LogP contribution is -2.56. The van der Waals surface area contributed by atoms with Crippen molar-refractivity contribution in [3.05, 3.63) is 48.0 Å². The Hall–Kier alpha value is -2.44. The fourth-order valence-electron chi connectivity index (χ4n) is 3.44. The number of nitrogens with zero attached hydrogens (tertiary/aromatic N) is 1. The molecule has 2 amide bonds. The van der Waals surface area contributed by atoms with E-state index in [1.54, 1.807) is 7.11 Å². The highest BCUT2D eigenvalue weighted by molar-refractivity contribution is 5.89. The maximum atomic E-state index is 12.4. The zero-order valence-corrected chi connectivity index (χ0v) is 15.7. The summed E-state index contributed by atoms with van der Waals surface area (Å²) in [5.74, 6) is -0.175. The summed E-state index contributed by atoms with van der Waals surface area (Å²) in [4.78, 5) is 26.7. The summed E-state index contributed by atoms with van der Waals surface area (Å²) in [6.07, 6.45) is 0.937. The summed E-state index contributed by atoms with van der Waals surface area (Å²) < 4.78 is 4.98. The van der Waals surface area contributed by atoms with Crippen molar-refractivity contribution in [2.24, 2.45) is 0 Å². The zero-order valence-electron chi connectivity index (χ0n) is 15.7. The van der Waals surface area contributed by atoms with Crippen LogP contribution in [0, 0.1) is 0 Å². The third-order valence-electron chi connectivity index (χ3n) is 4.87. The van der Waals surface area contributed by atoms with E-state index in [-0.39, 0.29) is 18.2 Å². The third kappa shape index (κ3) is 5.28. The Morgan fingerprint density at radius 2 is 2.07 bits per heavy atom. The molecular weight excluding hydrogens is 342 g/mol. The minimum absolute atomic E-state index is 0.0749. The molecule has 1 aliphatic rings. The minimum atomic E-state index is -0.437. The molecule has 0 saturated carbocycles. The molecule has 1 heterocycles. The smallest absolute Gasteiger partial charge is 0.237 e. The first-order chi connectivity index (χ1) is 13.2. The summed E-state index contributed by atoms with van der Waals surface area (Å²) in [7, 11) is 1.64. The molecule has 6 heteroatoms. The molecule has 27 heavy (non-hydrogen) atoms. The Morgan fingerprint density at radius 1 is 1.26 bits per heavy atom. The number of rotatable bonds is 8. The van der Waals surface area contributed by atoms with Crippen molar-refractivity contribution in [1.29, 1.82) is 0 Å². The fraction of sp³-hybridized carbons (Fsp3) is 0.429. The Kier molecular flexibility index (Phi) is 6.79. The molecule has 0 aliphatic carbocycles. The lowest BCUT2D eigenvalue weighted by atomic mass is 10.0. The second-order valence-electron chi connectivity index (χ2n) is 6.86. The number of carbonyl (C=O) groups excluding carboxylic acids is 2. The number of nitrogens with one attached hydrogen (secondary N) is 2. The van der Waals surface area contributed by atoms with Crippen molar-refractivity contribution < 1.29 is 14.3 Å². The van der Waals surface area contributed by atoms with Crippen LogP contribution in [-0.2, 0) is 20.9 Å². The molecule has 0 unspecified atom stereocenters. The van der Waals surface area contributed by atoms with E-state index in [0.29, 0.717) is 26.2 Å². The summed E-state index contributed by atoms with van der Waals surface area (Å²) in [6, 6.07) is 14.1. The molecule has 144 valence electrons. The van der Waals surface area contributed by atoms with E-state index >= 15 is 0 Å². The number of benzene rings is 2. The van der Waals surface area contributed by atoms with E-state index in [1.165, 1.54) is 10.8 Å². The monoisotopic (exact) mass is 369 g/mol. The second-order valence-corrected chi connectivity index (χ2v) is 6.86. The molecule has 0 spiro atoms. The van der Waals surface area contributed by atoms with Gasteiger partial charge >= 0.3 is 0 Å². The molecule has 1 fully saturated rings. The van der Waals surface area contributed by atoms with Crippen LogP contribution in [0.3, 0.4) is 0 Å². The van der Waals surface area contributed by atoms with E-state index in [0.717, 1.165) is 18.5 Å². The van der Waals surface area contributed by atoms with Crippen molar-refractivity contribution in [2.45, 2.75) is 25.4 Å². The number of carbonyl (C=O) groups is 2. The van der Waals surface area contributed by atoms with Crippen molar-refractivity contribution in [1.82, 2.24) is 15.5 Å². The zero-order chi connectivity index (χ0) is 19.1. The van der Waals surface area contributed by atoms with Gasteiger partial charge in [0.2, 0.25) is 11.8 Å². The molecule has 1 aliphatic heterocycles. The van der Waals surface area contributed by atoms with Gasteiger partial charge in [0.25, 0.3) is 0 Å². The Morgan fingerprint density at radius 3 is 2.89 bits per heavy atom. The first-order valence-electron chi connectivity index (χ1n) is 9.42. The number of methoxy groups -OCH3 is 1. The number of amides is 2. The average Bonchev–Trinajstić information content (AvgIpc) is 2.68. The van der Waals surface area contributed by atoms with Crippen LogP contribution in [-0.4, -0.2) is 56.1 Å². The minimum Gasteiger partial charge on any atom is -0.385 e. The van der Waals surface area contributed by atoms with Crippen LogP contribution in [0.1, 0.15) is 18.4 Å². The first-order valence-corrected chi connectivity index (χ1v) is 9.42. The van der Waals surface area contributed by atoms with Gasteiger partial charge in [-0.15, -0.1) is 0 Å². The van der Waals surface area contributed by atoms with Gasteiger partial charge in [0, 0.05) is 39.9 Å². The van der Waals surface area contributed by atoms with Gasteiger partial charge in [-0.25, -0.2) is 0 Å². The number of hydrogen-bond acceptors (Lipinski definition) is 4. The van der Waals surface area contributed by atoms with Gasteiger partial charge in [-0.2, -0.15) is 0 Å². The predicted octanol–water partition coefficient (Wildman–Crippen LogP) is 1.68. The Labute approximate surface area is 159 Å². The highest BCUT2D eigenvalue weighted by atomic mass is 16.5. The van der Waals surface area contributed by atoms with Gasteiger partial charge in [-0.1, -0.05) is 36.4 Å². The molecule has 1 saturated heterocycles. The number of fused-ring (bicyclic) bond motifs is 1. The maximum Gasteiger partial charge on any atom is 0.237 e. The average molecular weight is 369 g/mol. The van der Waals surface area contributed by atoms with Crippen LogP contribution in [0.15, 0.2) is 42.5 Å². The van der Waals surface area contributed by atoms with E-state index in [1.807, 2.05) is 12.1 Å². The third-order valence-corrected chi connectivity index (χ3v) is 4.87. The Balaban J connectivity index is 1.64. The molecule has 1 atom stereocenters. The van der Waals surface area contributed by atoms with Crippen LogP contribution in [0.5, 0.6) is 0 Å². The van der Waals surface area contributed by atoms with Crippen molar-refractivity contribution in [3.8, 4) is 0 Å². The molecule has 2 N–H and O–H groups in total. The van der Waals surface area contributed by atoms with Gasteiger partial charge in [-0.3, -0.25) is 14.5 Å². The molecule has 0 aromatic heterocycles. The molecule has 2 aromatic carbocycles. The number of piperazine rings is 1. The van der Waals surface area contributed by atoms with Gasteiger partial charge in [0.15, 0.2) is 0 Å². The van der Waals surface area contributed by atoms with Crippen LogP contribution in [0.25, 0.3) is 10.8 Å². The van der Waals surface area contributed by atoms with Gasteiger partial charge in [0.1, 0.15) is 0 Å². The molecule has 0 radical (unpaired) electrons. The lowest BCUT2D eigenvalue weighted by Gasteiger charge is -2.34. The van der Waals surface area contributed by atoms with Crippen molar-refractivity contribution >= 4 is 22.6 Å². The number of hydrogen-bond donors (Lipinski definition) is 2. The highest BCUT2D eigenvalue weighted by Gasteiger charge is 2.31. The van der Waals surface area contributed by atoms with Gasteiger partial charge in [-0.05, 0) is 28.8 Å².